The van der Waals surface area contributed by atoms with Crippen LogP contribution < -0.4 is 11.1 Å². The first kappa shape index (κ1) is 15.4. The van der Waals surface area contributed by atoms with E-state index < -0.39 is 0 Å². The van der Waals surface area contributed by atoms with Crippen molar-refractivity contribution in [2.75, 3.05) is 19.6 Å². The number of hydrogen-bond donors (Lipinski definition) is 2. The molecule has 0 bridgehead atoms. The summed E-state index contributed by atoms with van der Waals surface area (Å²) in [6, 6.07) is 0.0572. The van der Waals surface area contributed by atoms with Gasteiger partial charge in [0.1, 0.15) is 0 Å². The normalized spacial score (nSPS) is 21.4. The van der Waals surface area contributed by atoms with Crippen molar-refractivity contribution < 1.29 is 4.79 Å². The number of rotatable bonds is 7. The second kappa shape index (κ2) is 6.53. The third-order valence-electron chi connectivity index (χ3n) is 4.34. The van der Waals surface area contributed by atoms with Crippen molar-refractivity contribution in [3.8, 4) is 0 Å². The summed E-state index contributed by atoms with van der Waals surface area (Å²) in [5, 5.41) is 3.25. The van der Waals surface area contributed by atoms with Gasteiger partial charge in [-0.2, -0.15) is 0 Å². The fourth-order valence-electron chi connectivity index (χ4n) is 2.90. The smallest absolute Gasteiger partial charge is 0.235 e. The summed E-state index contributed by atoms with van der Waals surface area (Å²) in [6.45, 7) is 11.6. The van der Waals surface area contributed by atoms with Gasteiger partial charge in [-0.15, -0.1) is 0 Å². The van der Waals surface area contributed by atoms with Gasteiger partial charge < -0.3 is 16.0 Å². The van der Waals surface area contributed by atoms with Crippen molar-refractivity contribution in [3.05, 3.63) is 0 Å². The molecular weight excluding hydrogens is 226 g/mol. The summed E-state index contributed by atoms with van der Waals surface area (Å²) in [6.07, 6.45) is 3.69. The highest BCUT2D eigenvalue weighted by atomic mass is 16.1. The number of nitrogens with one attached hydrogen (secondary N) is 1. The van der Waals surface area contributed by atoms with Crippen LogP contribution in [0.3, 0.4) is 0 Å². The molecule has 0 aromatic rings. The number of carbonyl (C=O) groups is 1. The van der Waals surface area contributed by atoms with E-state index >= 15 is 0 Å². The number of nitrogens with zero attached hydrogens (tertiary/aromatic N) is 1. The summed E-state index contributed by atoms with van der Waals surface area (Å²) in [7, 11) is 0. The minimum atomic E-state index is -0.241. The van der Waals surface area contributed by atoms with E-state index in [1.807, 2.05) is 13.8 Å². The first-order chi connectivity index (χ1) is 8.42. The van der Waals surface area contributed by atoms with Gasteiger partial charge in [-0.3, -0.25) is 4.79 Å². The molecule has 0 aromatic carbocycles. The summed E-state index contributed by atoms with van der Waals surface area (Å²) < 4.78 is 0. The van der Waals surface area contributed by atoms with Crippen molar-refractivity contribution in [1.82, 2.24) is 10.2 Å². The van der Waals surface area contributed by atoms with Gasteiger partial charge in [-0.1, -0.05) is 27.7 Å². The van der Waals surface area contributed by atoms with Gasteiger partial charge in [0, 0.05) is 19.1 Å². The van der Waals surface area contributed by atoms with E-state index in [-0.39, 0.29) is 18.0 Å². The average molecular weight is 255 g/mol. The van der Waals surface area contributed by atoms with Gasteiger partial charge >= 0.3 is 0 Å². The lowest BCUT2D eigenvalue weighted by Crippen LogP contribution is -2.51. The minimum absolute atomic E-state index is 0.227. The van der Waals surface area contributed by atoms with Gasteiger partial charge in [-0.05, 0) is 31.2 Å². The molecule has 106 valence electrons. The Kier molecular flexibility index (Phi) is 5.60. The lowest BCUT2D eigenvalue weighted by molar-refractivity contribution is -0.120. The van der Waals surface area contributed by atoms with Crippen molar-refractivity contribution in [2.24, 2.45) is 11.1 Å². The van der Waals surface area contributed by atoms with E-state index in [4.69, 9.17) is 5.73 Å². The number of amides is 1. The van der Waals surface area contributed by atoms with E-state index in [1.54, 1.807) is 0 Å². The molecule has 1 amide bonds. The van der Waals surface area contributed by atoms with Crippen LogP contribution in [-0.2, 0) is 4.79 Å². The fraction of sp³-hybridized carbons (Fsp3) is 0.929. The van der Waals surface area contributed by atoms with Crippen LogP contribution in [0.15, 0.2) is 0 Å². The highest BCUT2D eigenvalue weighted by molar-refractivity contribution is 5.80. The van der Waals surface area contributed by atoms with E-state index in [2.05, 4.69) is 24.1 Å². The van der Waals surface area contributed by atoms with Gasteiger partial charge in [-0.25, -0.2) is 0 Å². The number of carbonyl (C=O) groups excluding carboxylic acids is 1. The predicted molar refractivity (Wildman–Crippen MR) is 75.3 cm³/mol. The molecule has 4 nitrogen and oxygen atoms in total. The number of hydrogen-bond acceptors (Lipinski definition) is 3. The first-order valence-electron chi connectivity index (χ1n) is 7.20. The zero-order valence-electron chi connectivity index (χ0n) is 12.3. The van der Waals surface area contributed by atoms with E-state index in [0.717, 1.165) is 19.6 Å². The molecule has 3 N–H and O–H groups in total. The number of primary amides is 1. The molecule has 0 radical (unpaired) electrons. The van der Waals surface area contributed by atoms with E-state index in [1.165, 1.54) is 19.3 Å². The molecular formula is C14H29N3O. The molecule has 1 atom stereocenters. The molecule has 1 heterocycles. The van der Waals surface area contributed by atoms with Crippen LogP contribution >= 0.6 is 0 Å². The lowest BCUT2D eigenvalue weighted by atomic mass is 9.82. The van der Waals surface area contributed by atoms with Crippen LogP contribution in [0.25, 0.3) is 0 Å². The zero-order chi connectivity index (χ0) is 13.8. The van der Waals surface area contributed by atoms with Crippen LogP contribution in [0.1, 0.15) is 47.0 Å². The van der Waals surface area contributed by atoms with Crippen molar-refractivity contribution in [2.45, 2.75) is 59.0 Å². The molecule has 1 unspecified atom stereocenters. The maximum atomic E-state index is 11.5. The second-order valence-corrected chi connectivity index (χ2v) is 5.97. The first-order valence-corrected chi connectivity index (χ1v) is 7.20. The largest absolute Gasteiger partial charge is 0.368 e. The molecule has 0 spiro atoms. The topological polar surface area (TPSA) is 58.4 Å². The Labute approximate surface area is 111 Å². The molecule has 0 saturated carbocycles. The molecule has 1 aliphatic heterocycles. The molecule has 0 aliphatic carbocycles. The maximum Gasteiger partial charge on any atom is 0.235 e. The summed E-state index contributed by atoms with van der Waals surface area (Å²) in [5.74, 6) is -0.241. The molecule has 1 aliphatic rings. The lowest BCUT2D eigenvalue weighted by Gasteiger charge is -2.28. The summed E-state index contributed by atoms with van der Waals surface area (Å²) >= 11 is 0. The highest BCUT2D eigenvalue weighted by Gasteiger charge is 2.36. The fourth-order valence-corrected chi connectivity index (χ4v) is 2.90. The minimum Gasteiger partial charge on any atom is -0.368 e. The molecule has 18 heavy (non-hydrogen) atoms. The maximum absolute atomic E-state index is 11.5. The van der Waals surface area contributed by atoms with Crippen LogP contribution in [0, 0.1) is 5.41 Å². The number of likely N-dealkylation sites (tertiary alicyclic amines) is 1. The average Bonchev–Trinajstić information content (AvgIpc) is 2.72. The Morgan fingerprint density at radius 2 is 2.00 bits per heavy atom. The van der Waals surface area contributed by atoms with Gasteiger partial charge in [0.25, 0.3) is 0 Å². The third-order valence-corrected chi connectivity index (χ3v) is 4.34. The van der Waals surface area contributed by atoms with Gasteiger partial charge in [0.05, 0.1) is 6.04 Å². The van der Waals surface area contributed by atoms with Crippen molar-refractivity contribution >= 4 is 5.91 Å². The van der Waals surface area contributed by atoms with Gasteiger partial charge in [0.15, 0.2) is 0 Å². The molecule has 4 heteroatoms. The zero-order valence-corrected chi connectivity index (χ0v) is 12.3. The predicted octanol–water partition coefficient (Wildman–Crippen LogP) is 1.35. The van der Waals surface area contributed by atoms with Crippen LogP contribution in [0.5, 0.6) is 0 Å². The van der Waals surface area contributed by atoms with Gasteiger partial charge in [0.2, 0.25) is 5.91 Å². The molecule has 1 saturated heterocycles. The van der Waals surface area contributed by atoms with E-state index in [0.29, 0.717) is 5.41 Å². The van der Waals surface area contributed by atoms with Crippen molar-refractivity contribution in [3.63, 3.8) is 0 Å². The summed E-state index contributed by atoms with van der Waals surface area (Å²) in [4.78, 5) is 13.8. The second-order valence-electron chi connectivity index (χ2n) is 5.97. The summed E-state index contributed by atoms with van der Waals surface area (Å²) in [5.41, 5.74) is 5.93. The van der Waals surface area contributed by atoms with Crippen LogP contribution in [0.2, 0.25) is 0 Å². The Balaban J connectivity index is 2.54. The third kappa shape index (κ3) is 3.95. The number of nitrogens with two attached hydrogens (primary N) is 1. The van der Waals surface area contributed by atoms with Crippen LogP contribution in [-0.4, -0.2) is 42.5 Å². The highest BCUT2D eigenvalue weighted by Crippen LogP contribution is 2.36. The SMILES string of the molecule is CCC1(CC)CCN(CC(NC(C)C)C(N)=O)C1. The van der Waals surface area contributed by atoms with E-state index in [9.17, 15) is 4.79 Å². The van der Waals surface area contributed by atoms with Crippen LogP contribution in [0.4, 0.5) is 0 Å². The Morgan fingerprint density at radius 1 is 1.39 bits per heavy atom. The monoisotopic (exact) mass is 255 g/mol. The Hall–Kier alpha value is -0.610. The Bertz CT molecular complexity index is 274. The molecule has 1 fully saturated rings. The Morgan fingerprint density at radius 3 is 2.39 bits per heavy atom. The standard InChI is InChI=1S/C14H29N3O/c1-5-14(6-2)7-8-17(10-14)9-12(13(15)18)16-11(3)4/h11-12,16H,5-10H2,1-4H3,(H2,15,18). The molecule has 0 aromatic heterocycles. The van der Waals surface area contributed by atoms with Crippen molar-refractivity contribution in [1.29, 1.82) is 0 Å². The quantitative estimate of drug-likeness (QED) is 0.722. The molecule has 1 rings (SSSR count).